The van der Waals surface area contributed by atoms with E-state index in [1.165, 1.54) is 0 Å². The Hall–Kier alpha value is -0.380. The van der Waals surface area contributed by atoms with E-state index in [-0.39, 0.29) is 0 Å². The molecule has 78 valence electrons. The lowest BCUT2D eigenvalue weighted by atomic mass is 10.3. The van der Waals surface area contributed by atoms with Crippen molar-refractivity contribution < 1.29 is 9.47 Å². The van der Waals surface area contributed by atoms with Gasteiger partial charge < -0.3 is 14.8 Å². The quantitative estimate of drug-likeness (QED) is 0.434. The summed E-state index contributed by atoms with van der Waals surface area (Å²) in [6.45, 7) is 8.90. The monoisotopic (exact) mass is 187 g/mol. The Labute approximate surface area is 81.1 Å². The van der Waals surface area contributed by atoms with Gasteiger partial charge in [-0.3, -0.25) is 0 Å². The van der Waals surface area contributed by atoms with Crippen LogP contribution in [0.15, 0.2) is 12.7 Å². The summed E-state index contributed by atoms with van der Waals surface area (Å²) in [5.41, 5.74) is 0. The molecule has 0 aliphatic heterocycles. The maximum absolute atomic E-state index is 5.30. The van der Waals surface area contributed by atoms with Crippen molar-refractivity contribution in [2.75, 3.05) is 33.5 Å². The molecule has 0 aromatic carbocycles. The molecule has 0 heterocycles. The Morgan fingerprint density at radius 2 is 2.15 bits per heavy atom. The van der Waals surface area contributed by atoms with Crippen molar-refractivity contribution in [2.45, 2.75) is 19.4 Å². The standard InChI is InChI=1S/C10H21NO2/c1-4-10(2)11-6-5-7-13-9-8-12-3/h4,10-11H,1,5-9H2,2-3H3. The fourth-order valence-corrected chi connectivity index (χ4v) is 0.832. The summed E-state index contributed by atoms with van der Waals surface area (Å²) < 4.78 is 10.1. The number of ether oxygens (including phenoxy) is 2. The molecule has 0 bridgehead atoms. The molecule has 0 saturated heterocycles. The van der Waals surface area contributed by atoms with Gasteiger partial charge in [0.25, 0.3) is 0 Å². The van der Waals surface area contributed by atoms with Crippen LogP contribution in [0.5, 0.6) is 0 Å². The van der Waals surface area contributed by atoms with Gasteiger partial charge in [0.05, 0.1) is 13.2 Å². The zero-order valence-corrected chi connectivity index (χ0v) is 8.71. The van der Waals surface area contributed by atoms with Crippen molar-refractivity contribution in [3.63, 3.8) is 0 Å². The lowest BCUT2D eigenvalue weighted by Gasteiger charge is -2.08. The van der Waals surface area contributed by atoms with Crippen LogP contribution in [0.4, 0.5) is 0 Å². The summed E-state index contributed by atoms with van der Waals surface area (Å²) in [5.74, 6) is 0. The highest BCUT2D eigenvalue weighted by Crippen LogP contribution is 1.85. The zero-order chi connectivity index (χ0) is 9.94. The highest BCUT2D eigenvalue weighted by Gasteiger charge is 1.93. The molecular weight excluding hydrogens is 166 g/mol. The van der Waals surface area contributed by atoms with Crippen LogP contribution in [0.3, 0.4) is 0 Å². The minimum absolute atomic E-state index is 0.388. The van der Waals surface area contributed by atoms with Gasteiger partial charge in [-0.05, 0) is 19.9 Å². The Morgan fingerprint density at radius 1 is 1.38 bits per heavy atom. The van der Waals surface area contributed by atoms with Crippen LogP contribution in [0.1, 0.15) is 13.3 Å². The molecule has 1 unspecified atom stereocenters. The fourth-order valence-electron chi connectivity index (χ4n) is 0.832. The van der Waals surface area contributed by atoms with E-state index in [0.717, 1.165) is 19.6 Å². The van der Waals surface area contributed by atoms with E-state index >= 15 is 0 Å². The molecule has 0 aliphatic rings. The van der Waals surface area contributed by atoms with Crippen LogP contribution >= 0.6 is 0 Å². The lowest BCUT2D eigenvalue weighted by molar-refractivity contribution is 0.0694. The van der Waals surface area contributed by atoms with E-state index < -0.39 is 0 Å². The number of hydrogen-bond donors (Lipinski definition) is 1. The van der Waals surface area contributed by atoms with Crippen molar-refractivity contribution in [1.29, 1.82) is 0 Å². The van der Waals surface area contributed by atoms with Crippen molar-refractivity contribution in [2.24, 2.45) is 0 Å². The number of rotatable bonds is 9. The molecule has 0 aliphatic carbocycles. The molecule has 0 radical (unpaired) electrons. The van der Waals surface area contributed by atoms with Crippen molar-refractivity contribution >= 4 is 0 Å². The van der Waals surface area contributed by atoms with E-state index in [9.17, 15) is 0 Å². The van der Waals surface area contributed by atoms with E-state index in [0.29, 0.717) is 19.3 Å². The molecule has 0 saturated carbocycles. The normalized spacial score (nSPS) is 12.8. The highest BCUT2D eigenvalue weighted by molar-refractivity contribution is 4.80. The van der Waals surface area contributed by atoms with Crippen LogP contribution in [-0.2, 0) is 9.47 Å². The summed E-state index contributed by atoms with van der Waals surface area (Å²) in [6, 6.07) is 0.388. The molecule has 0 spiro atoms. The molecule has 0 aromatic heterocycles. The Kier molecular flexibility index (Phi) is 9.42. The van der Waals surface area contributed by atoms with Gasteiger partial charge in [-0.25, -0.2) is 0 Å². The summed E-state index contributed by atoms with van der Waals surface area (Å²) >= 11 is 0. The van der Waals surface area contributed by atoms with Crippen LogP contribution in [0.2, 0.25) is 0 Å². The average molecular weight is 187 g/mol. The van der Waals surface area contributed by atoms with Crippen LogP contribution in [-0.4, -0.2) is 39.5 Å². The van der Waals surface area contributed by atoms with Crippen LogP contribution in [0.25, 0.3) is 0 Å². The van der Waals surface area contributed by atoms with Crippen molar-refractivity contribution in [1.82, 2.24) is 5.32 Å². The van der Waals surface area contributed by atoms with Gasteiger partial charge >= 0.3 is 0 Å². The first-order chi connectivity index (χ1) is 6.31. The molecular formula is C10H21NO2. The molecule has 0 rings (SSSR count). The average Bonchev–Trinajstić information content (AvgIpc) is 2.16. The van der Waals surface area contributed by atoms with Gasteiger partial charge in [0.2, 0.25) is 0 Å². The van der Waals surface area contributed by atoms with E-state index in [2.05, 4.69) is 18.8 Å². The molecule has 3 nitrogen and oxygen atoms in total. The summed E-state index contributed by atoms with van der Waals surface area (Å²) in [7, 11) is 1.68. The van der Waals surface area contributed by atoms with Crippen LogP contribution in [0, 0.1) is 0 Å². The Bertz CT molecular complexity index is 117. The summed E-state index contributed by atoms with van der Waals surface area (Å²) in [4.78, 5) is 0. The van der Waals surface area contributed by atoms with Gasteiger partial charge in [0.15, 0.2) is 0 Å². The Balaban J connectivity index is 2.95. The van der Waals surface area contributed by atoms with E-state index in [1.54, 1.807) is 7.11 Å². The molecule has 0 amide bonds. The SMILES string of the molecule is C=CC(C)NCCCOCCOC. The maximum Gasteiger partial charge on any atom is 0.0700 e. The summed E-state index contributed by atoms with van der Waals surface area (Å²) in [6.07, 6.45) is 2.92. The Morgan fingerprint density at radius 3 is 2.77 bits per heavy atom. The van der Waals surface area contributed by atoms with E-state index in [4.69, 9.17) is 9.47 Å². The second kappa shape index (κ2) is 9.71. The molecule has 3 heteroatoms. The van der Waals surface area contributed by atoms with Gasteiger partial charge in [-0.15, -0.1) is 6.58 Å². The number of nitrogens with one attached hydrogen (secondary N) is 1. The highest BCUT2D eigenvalue weighted by atomic mass is 16.5. The zero-order valence-electron chi connectivity index (χ0n) is 8.71. The molecule has 1 atom stereocenters. The topological polar surface area (TPSA) is 30.5 Å². The van der Waals surface area contributed by atoms with Crippen molar-refractivity contribution in [3.05, 3.63) is 12.7 Å². The van der Waals surface area contributed by atoms with Crippen molar-refractivity contribution in [3.8, 4) is 0 Å². The maximum atomic E-state index is 5.30. The van der Waals surface area contributed by atoms with E-state index in [1.807, 2.05) is 6.08 Å². The molecule has 0 aromatic rings. The minimum atomic E-state index is 0.388. The second-order valence-electron chi connectivity index (χ2n) is 2.94. The van der Waals surface area contributed by atoms with Gasteiger partial charge in [0.1, 0.15) is 0 Å². The predicted octanol–water partition coefficient (Wildman–Crippen LogP) is 1.20. The predicted molar refractivity (Wildman–Crippen MR) is 55.0 cm³/mol. The minimum Gasteiger partial charge on any atom is -0.382 e. The molecule has 0 fully saturated rings. The second-order valence-corrected chi connectivity index (χ2v) is 2.94. The number of hydrogen-bond acceptors (Lipinski definition) is 3. The third-order valence-electron chi connectivity index (χ3n) is 1.72. The first-order valence-corrected chi connectivity index (χ1v) is 4.74. The molecule has 13 heavy (non-hydrogen) atoms. The van der Waals surface area contributed by atoms with Gasteiger partial charge in [0, 0.05) is 19.8 Å². The lowest BCUT2D eigenvalue weighted by Crippen LogP contribution is -2.25. The van der Waals surface area contributed by atoms with Gasteiger partial charge in [-0.1, -0.05) is 6.08 Å². The third-order valence-corrected chi connectivity index (χ3v) is 1.72. The first-order valence-electron chi connectivity index (χ1n) is 4.74. The first kappa shape index (κ1) is 12.6. The molecule has 1 N–H and O–H groups in total. The largest absolute Gasteiger partial charge is 0.382 e. The van der Waals surface area contributed by atoms with Crippen LogP contribution < -0.4 is 5.32 Å². The smallest absolute Gasteiger partial charge is 0.0700 e. The third kappa shape index (κ3) is 9.53. The number of methoxy groups -OCH3 is 1. The fraction of sp³-hybridized carbons (Fsp3) is 0.800. The van der Waals surface area contributed by atoms with Gasteiger partial charge in [-0.2, -0.15) is 0 Å². The summed E-state index contributed by atoms with van der Waals surface area (Å²) in [5, 5.41) is 3.29.